The van der Waals surface area contributed by atoms with Gasteiger partial charge in [-0.2, -0.15) is 0 Å². The number of hydrogen-bond acceptors (Lipinski definition) is 3. The molecule has 4 heteroatoms. The number of pyridine rings is 1. The third-order valence-electron chi connectivity index (χ3n) is 2.77. The summed E-state index contributed by atoms with van der Waals surface area (Å²) in [5.74, 6) is 0.443. The van der Waals surface area contributed by atoms with Gasteiger partial charge in [0.15, 0.2) is 0 Å². The van der Waals surface area contributed by atoms with Gasteiger partial charge < -0.3 is 10.6 Å². The number of anilines is 1. The molecule has 4 nitrogen and oxygen atoms in total. The molecule has 0 aliphatic rings. The highest BCUT2D eigenvalue weighted by atomic mass is 16.2. The first-order valence-corrected chi connectivity index (χ1v) is 5.94. The second kappa shape index (κ2) is 6.35. The van der Waals surface area contributed by atoms with Crippen molar-refractivity contribution >= 4 is 11.6 Å². The van der Waals surface area contributed by atoms with Crippen molar-refractivity contribution in [2.75, 3.05) is 18.5 Å². The lowest BCUT2D eigenvalue weighted by atomic mass is 9.96. The first-order chi connectivity index (χ1) is 8.06. The number of carbonyl (C=O) groups is 1. The van der Waals surface area contributed by atoms with Crippen LogP contribution in [0.25, 0.3) is 0 Å². The summed E-state index contributed by atoms with van der Waals surface area (Å²) in [7, 11) is 1.78. The summed E-state index contributed by atoms with van der Waals surface area (Å²) in [5, 5.41) is 0. The number of carbonyl (C=O) groups excluding carboxylic acids is 1. The minimum absolute atomic E-state index is 0.0763. The second-order valence-corrected chi connectivity index (χ2v) is 4.66. The molecule has 0 spiro atoms. The van der Waals surface area contributed by atoms with Crippen LogP contribution in [0.2, 0.25) is 0 Å². The maximum atomic E-state index is 12.2. The van der Waals surface area contributed by atoms with E-state index in [-0.39, 0.29) is 11.8 Å². The van der Waals surface area contributed by atoms with Gasteiger partial charge in [-0.25, -0.2) is 0 Å². The smallest absolute Gasteiger partial charge is 0.231 e. The topological polar surface area (TPSA) is 59.2 Å². The zero-order valence-corrected chi connectivity index (χ0v) is 10.8. The maximum absolute atomic E-state index is 12.2. The lowest BCUT2D eigenvalue weighted by Crippen LogP contribution is -2.37. The summed E-state index contributed by atoms with van der Waals surface area (Å²) < 4.78 is 0. The quantitative estimate of drug-likeness (QED) is 0.844. The number of rotatable bonds is 5. The first kappa shape index (κ1) is 13.6. The van der Waals surface area contributed by atoms with Gasteiger partial charge in [-0.1, -0.05) is 13.8 Å². The van der Waals surface area contributed by atoms with Crippen molar-refractivity contribution in [3.05, 3.63) is 24.5 Å². The van der Waals surface area contributed by atoms with Crippen LogP contribution in [0.3, 0.4) is 0 Å². The van der Waals surface area contributed by atoms with Crippen molar-refractivity contribution in [2.45, 2.75) is 20.3 Å². The van der Waals surface area contributed by atoms with E-state index in [0.29, 0.717) is 12.5 Å². The van der Waals surface area contributed by atoms with Crippen LogP contribution in [-0.4, -0.2) is 24.5 Å². The maximum Gasteiger partial charge on any atom is 0.231 e. The third kappa shape index (κ3) is 3.82. The number of nitrogens with two attached hydrogens (primary N) is 1. The Morgan fingerprint density at radius 3 is 2.47 bits per heavy atom. The standard InChI is InChI=1S/C13H21N3O/c1-10(2)8-11(9-14)13(17)16(3)12-4-6-15-7-5-12/h4-7,10-11H,8-9,14H2,1-3H3. The molecule has 0 aliphatic carbocycles. The molecule has 2 N–H and O–H groups in total. The van der Waals surface area contributed by atoms with Gasteiger partial charge in [0.2, 0.25) is 5.91 Å². The van der Waals surface area contributed by atoms with Gasteiger partial charge in [0, 0.05) is 31.7 Å². The monoisotopic (exact) mass is 235 g/mol. The number of aromatic nitrogens is 1. The van der Waals surface area contributed by atoms with Crippen LogP contribution in [0.15, 0.2) is 24.5 Å². The molecule has 1 rings (SSSR count). The Kier molecular flexibility index (Phi) is 5.10. The van der Waals surface area contributed by atoms with Crippen LogP contribution in [0.5, 0.6) is 0 Å². The van der Waals surface area contributed by atoms with E-state index in [1.165, 1.54) is 0 Å². The summed E-state index contributed by atoms with van der Waals surface area (Å²) in [6, 6.07) is 3.64. The Balaban J connectivity index is 2.74. The van der Waals surface area contributed by atoms with Crippen molar-refractivity contribution in [1.82, 2.24) is 4.98 Å². The van der Waals surface area contributed by atoms with Gasteiger partial charge in [0.1, 0.15) is 0 Å². The number of nitrogens with zero attached hydrogens (tertiary/aromatic N) is 2. The van der Waals surface area contributed by atoms with Gasteiger partial charge in [0.05, 0.1) is 5.92 Å². The zero-order chi connectivity index (χ0) is 12.8. The molecule has 1 aromatic rings. The van der Waals surface area contributed by atoms with E-state index >= 15 is 0 Å². The Hall–Kier alpha value is -1.42. The highest BCUT2D eigenvalue weighted by Crippen LogP contribution is 2.17. The Bertz CT molecular complexity index is 351. The van der Waals surface area contributed by atoms with Crippen LogP contribution >= 0.6 is 0 Å². The zero-order valence-electron chi connectivity index (χ0n) is 10.8. The van der Waals surface area contributed by atoms with Crippen LogP contribution in [-0.2, 0) is 4.79 Å². The molecule has 0 radical (unpaired) electrons. The van der Waals surface area contributed by atoms with Crippen molar-refractivity contribution in [3.63, 3.8) is 0 Å². The fraction of sp³-hybridized carbons (Fsp3) is 0.538. The molecule has 1 aromatic heterocycles. The molecule has 0 saturated carbocycles. The lowest BCUT2D eigenvalue weighted by molar-refractivity contribution is -0.122. The predicted molar refractivity (Wildman–Crippen MR) is 69.6 cm³/mol. The molecule has 17 heavy (non-hydrogen) atoms. The van der Waals surface area contributed by atoms with Crippen molar-refractivity contribution < 1.29 is 4.79 Å². The third-order valence-corrected chi connectivity index (χ3v) is 2.77. The summed E-state index contributed by atoms with van der Waals surface area (Å²) in [4.78, 5) is 17.8. The van der Waals surface area contributed by atoms with Crippen LogP contribution in [0.4, 0.5) is 5.69 Å². The molecule has 0 bridgehead atoms. The Labute approximate surface area is 103 Å². The van der Waals surface area contributed by atoms with Crippen molar-refractivity contribution in [2.24, 2.45) is 17.6 Å². The summed E-state index contributed by atoms with van der Waals surface area (Å²) >= 11 is 0. The van der Waals surface area contributed by atoms with Crippen LogP contribution in [0.1, 0.15) is 20.3 Å². The Morgan fingerprint density at radius 2 is 2.00 bits per heavy atom. The first-order valence-electron chi connectivity index (χ1n) is 5.94. The van der Waals surface area contributed by atoms with E-state index in [9.17, 15) is 4.79 Å². The normalized spacial score (nSPS) is 12.5. The molecule has 1 amide bonds. The van der Waals surface area contributed by atoms with Gasteiger partial charge in [-0.15, -0.1) is 0 Å². The van der Waals surface area contributed by atoms with Gasteiger partial charge >= 0.3 is 0 Å². The van der Waals surface area contributed by atoms with Gasteiger partial charge in [-0.3, -0.25) is 9.78 Å². The SMILES string of the molecule is CC(C)CC(CN)C(=O)N(C)c1ccncc1. The predicted octanol–water partition coefficient (Wildman–Crippen LogP) is 1.67. The molecule has 0 fully saturated rings. The molecule has 0 aliphatic heterocycles. The highest BCUT2D eigenvalue weighted by Gasteiger charge is 2.22. The van der Waals surface area contributed by atoms with Crippen molar-refractivity contribution in [3.8, 4) is 0 Å². The number of amides is 1. The summed E-state index contributed by atoms with van der Waals surface area (Å²) in [6.45, 7) is 4.59. The molecule has 1 heterocycles. The van der Waals surface area contributed by atoms with E-state index in [2.05, 4.69) is 18.8 Å². The minimum atomic E-state index is -0.104. The average molecular weight is 235 g/mol. The van der Waals surface area contributed by atoms with E-state index < -0.39 is 0 Å². The highest BCUT2D eigenvalue weighted by molar-refractivity contribution is 5.94. The van der Waals surface area contributed by atoms with Crippen molar-refractivity contribution in [1.29, 1.82) is 0 Å². The van der Waals surface area contributed by atoms with E-state index in [1.54, 1.807) is 24.3 Å². The largest absolute Gasteiger partial charge is 0.330 e. The fourth-order valence-corrected chi connectivity index (χ4v) is 1.84. The Morgan fingerprint density at radius 1 is 1.41 bits per heavy atom. The molecular weight excluding hydrogens is 214 g/mol. The van der Waals surface area contributed by atoms with E-state index in [4.69, 9.17) is 5.73 Å². The lowest BCUT2D eigenvalue weighted by Gasteiger charge is -2.24. The van der Waals surface area contributed by atoms with E-state index in [0.717, 1.165) is 12.1 Å². The minimum Gasteiger partial charge on any atom is -0.330 e. The second-order valence-electron chi connectivity index (χ2n) is 4.66. The van der Waals surface area contributed by atoms with Crippen LogP contribution < -0.4 is 10.6 Å². The summed E-state index contributed by atoms with van der Waals surface area (Å²) in [5.41, 5.74) is 6.53. The van der Waals surface area contributed by atoms with Crippen LogP contribution in [0, 0.1) is 11.8 Å². The van der Waals surface area contributed by atoms with Gasteiger partial charge in [-0.05, 0) is 24.5 Å². The molecule has 0 aromatic carbocycles. The molecule has 94 valence electrons. The molecule has 0 saturated heterocycles. The number of hydrogen-bond donors (Lipinski definition) is 1. The molecule has 1 unspecified atom stereocenters. The van der Waals surface area contributed by atoms with Gasteiger partial charge in [0.25, 0.3) is 0 Å². The molecule has 1 atom stereocenters. The fourth-order valence-electron chi connectivity index (χ4n) is 1.84. The average Bonchev–Trinajstić information content (AvgIpc) is 2.35. The molecular formula is C13H21N3O. The van der Waals surface area contributed by atoms with E-state index in [1.807, 2.05) is 12.1 Å². The summed E-state index contributed by atoms with van der Waals surface area (Å²) in [6.07, 6.45) is 4.18.